The minimum absolute atomic E-state index is 0.436. The molecule has 0 saturated heterocycles. The highest BCUT2D eigenvalue weighted by atomic mass is 32.1. The van der Waals surface area contributed by atoms with Crippen LogP contribution >= 0.6 is 12.6 Å². The average Bonchev–Trinajstić information content (AvgIpc) is 2.87. The molecule has 0 heterocycles. The summed E-state index contributed by atoms with van der Waals surface area (Å²) in [5.41, 5.74) is 0.436. The van der Waals surface area contributed by atoms with Gasteiger partial charge < -0.3 is 4.74 Å². The molecule has 0 unspecified atom stereocenters. The van der Waals surface area contributed by atoms with Crippen molar-refractivity contribution in [1.29, 1.82) is 0 Å². The molecule has 2 heteroatoms. The van der Waals surface area contributed by atoms with E-state index in [9.17, 15) is 0 Å². The topological polar surface area (TPSA) is 9.23 Å². The Morgan fingerprint density at radius 1 is 1.07 bits per heavy atom. The van der Waals surface area contributed by atoms with Gasteiger partial charge in [-0.3, -0.25) is 0 Å². The van der Waals surface area contributed by atoms with Crippen molar-refractivity contribution < 1.29 is 4.74 Å². The van der Waals surface area contributed by atoms with Crippen molar-refractivity contribution in [2.24, 2.45) is 5.41 Å². The molecule has 1 nitrogen and oxygen atoms in total. The van der Waals surface area contributed by atoms with Crippen LogP contribution < -0.4 is 0 Å². The fourth-order valence-corrected chi connectivity index (χ4v) is 3.23. The molecule has 2 aliphatic rings. The number of ether oxygens (including phenoxy) is 1. The van der Waals surface area contributed by atoms with Crippen molar-refractivity contribution in [3.05, 3.63) is 0 Å². The highest BCUT2D eigenvalue weighted by Gasteiger charge is 2.33. The fourth-order valence-electron chi connectivity index (χ4n) is 2.82. The third kappa shape index (κ3) is 2.46. The molecule has 0 atom stereocenters. The molecule has 2 rings (SSSR count). The lowest BCUT2D eigenvalue weighted by atomic mass is 9.90. The number of hydrogen-bond acceptors (Lipinski definition) is 2. The molecule has 2 aliphatic carbocycles. The standard InChI is InChI=1S/C12H22OS/c14-10-12(7-3-4-8-12)9-13-11-5-1-2-6-11/h11,14H,1-10H2. The lowest BCUT2D eigenvalue weighted by molar-refractivity contribution is 0.00444. The summed E-state index contributed by atoms with van der Waals surface area (Å²) in [7, 11) is 0. The van der Waals surface area contributed by atoms with Gasteiger partial charge in [0.1, 0.15) is 0 Å². The van der Waals surface area contributed by atoms with Crippen molar-refractivity contribution in [3.8, 4) is 0 Å². The van der Waals surface area contributed by atoms with Crippen LogP contribution in [0.4, 0.5) is 0 Å². The van der Waals surface area contributed by atoms with Gasteiger partial charge in [-0.1, -0.05) is 25.7 Å². The van der Waals surface area contributed by atoms with Crippen LogP contribution in [-0.2, 0) is 4.74 Å². The monoisotopic (exact) mass is 214 g/mol. The maximum absolute atomic E-state index is 6.03. The van der Waals surface area contributed by atoms with E-state index in [4.69, 9.17) is 4.74 Å². The normalized spacial score (nSPS) is 27.2. The molecular weight excluding hydrogens is 192 g/mol. The third-order valence-corrected chi connectivity index (χ3v) is 4.60. The second kappa shape index (κ2) is 4.89. The predicted octanol–water partition coefficient (Wildman–Crippen LogP) is 3.44. The van der Waals surface area contributed by atoms with Crippen LogP contribution in [0, 0.1) is 5.41 Å². The van der Waals surface area contributed by atoms with Gasteiger partial charge in [0.15, 0.2) is 0 Å². The van der Waals surface area contributed by atoms with Crippen LogP contribution in [0.25, 0.3) is 0 Å². The van der Waals surface area contributed by atoms with Gasteiger partial charge in [-0.15, -0.1) is 0 Å². The van der Waals surface area contributed by atoms with Crippen molar-refractivity contribution in [2.45, 2.75) is 57.5 Å². The van der Waals surface area contributed by atoms with E-state index >= 15 is 0 Å². The Morgan fingerprint density at radius 2 is 1.71 bits per heavy atom. The number of hydrogen-bond donors (Lipinski definition) is 1. The van der Waals surface area contributed by atoms with Gasteiger partial charge in [0.2, 0.25) is 0 Å². The summed E-state index contributed by atoms with van der Waals surface area (Å²) < 4.78 is 6.03. The molecule has 0 amide bonds. The molecule has 0 aromatic rings. The van der Waals surface area contributed by atoms with Crippen molar-refractivity contribution in [3.63, 3.8) is 0 Å². The van der Waals surface area contributed by atoms with Crippen molar-refractivity contribution >= 4 is 12.6 Å². The first-order valence-electron chi connectivity index (χ1n) is 6.07. The van der Waals surface area contributed by atoms with Crippen molar-refractivity contribution in [1.82, 2.24) is 0 Å². The Hall–Kier alpha value is 0.310. The third-order valence-electron chi connectivity index (χ3n) is 3.93. The zero-order valence-corrected chi connectivity index (χ0v) is 9.90. The first-order valence-corrected chi connectivity index (χ1v) is 6.70. The zero-order chi connectivity index (χ0) is 9.86. The molecule has 2 fully saturated rings. The van der Waals surface area contributed by atoms with Crippen LogP contribution in [0.2, 0.25) is 0 Å². The molecule has 0 radical (unpaired) electrons. The van der Waals surface area contributed by atoms with E-state index in [0.717, 1.165) is 12.4 Å². The van der Waals surface area contributed by atoms with Crippen LogP contribution in [0.1, 0.15) is 51.4 Å². The molecular formula is C12H22OS. The van der Waals surface area contributed by atoms with E-state index < -0.39 is 0 Å². The van der Waals surface area contributed by atoms with Gasteiger partial charge in [-0.2, -0.15) is 12.6 Å². The second-order valence-corrected chi connectivity index (χ2v) is 5.40. The molecule has 14 heavy (non-hydrogen) atoms. The highest BCUT2D eigenvalue weighted by molar-refractivity contribution is 7.80. The van der Waals surface area contributed by atoms with E-state index in [0.29, 0.717) is 11.5 Å². The van der Waals surface area contributed by atoms with Crippen LogP contribution in [0.3, 0.4) is 0 Å². The first kappa shape index (κ1) is 10.8. The lowest BCUT2D eigenvalue weighted by Gasteiger charge is -2.28. The summed E-state index contributed by atoms with van der Waals surface area (Å²) in [6, 6.07) is 0. The smallest absolute Gasteiger partial charge is 0.0575 e. The predicted molar refractivity (Wildman–Crippen MR) is 63.0 cm³/mol. The summed E-state index contributed by atoms with van der Waals surface area (Å²) in [5, 5.41) is 0. The SMILES string of the molecule is SCC1(COC2CCCC2)CCCC1. The quantitative estimate of drug-likeness (QED) is 0.705. The summed E-state index contributed by atoms with van der Waals surface area (Å²) in [5.74, 6) is 1.01. The lowest BCUT2D eigenvalue weighted by Crippen LogP contribution is -2.28. The maximum Gasteiger partial charge on any atom is 0.0575 e. The highest BCUT2D eigenvalue weighted by Crippen LogP contribution is 2.40. The maximum atomic E-state index is 6.03. The molecule has 0 bridgehead atoms. The molecule has 82 valence electrons. The Balaban J connectivity index is 1.76. The summed E-state index contributed by atoms with van der Waals surface area (Å²) >= 11 is 4.50. The fraction of sp³-hybridized carbons (Fsp3) is 1.00. The van der Waals surface area contributed by atoms with Crippen LogP contribution in [0.15, 0.2) is 0 Å². The minimum Gasteiger partial charge on any atom is -0.378 e. The molecule has 0 aliphatic heterocycles. The zero-order valence-electron chi connectivity index (χ0n) is 9.00. The largest absolute Gasteiger partial charge is 0.378 e. The Morgan fingerprint density at radius 3 is 2.29 bits per heavy atom. The van der Waals surface area contributed by atoms with Gasteiger partial charge in [0.05, 0.1) is 12.7 Å². The first-order chi connectivity index (χ1) is 6.85. The minimum atomic E-state index is 0.436. The number of thiol groups is 1. The van der Waals surface area contributed by atoms with E-state index in [1.165, 1.54) is 51.4 Å². The second-order valence-electron chi connectivity index (χ2n) is 5.08. The molecule has 0 spiro atoms. The van der Waals surface area contributed by atoms with Crippen LogP contribution in [-0.4, -0.2) is 18.5 Å². The van der Waals surface area contributed by atoms with E-state index in [1.54, 1.807) is 0 Å². The van der Waals surface area contributed by atoms with Gasteiger partial charge in [0, 0.05) is 5.41 Å². The van der Waals surface area contributed by atoms with E-state index in [2.05, 4.69) is 12.6 Å². The molecule has 0 aromatic carbocycles. The average molecular weight is 214 g/mol. The van der Waals surface area contributed by atoms with Gasteiger partial charge in [0.25, 0.3) is 0 Å². The molecule has 2 saturated carbocycles. The number of rotatable bonds is 4. The summed E-state index contributed by atoms with van der Waals surface area (Å²) in [6.07, 6.45) is 11.4. The van der Waals surface area contributed by atoms with Crippen LogP contribution in [0.5, 0.6) is 0 Å². The summed E-state index contributed by atoms with van der Waals surface area (Å²) in [4.78, 5) is 0. The van der Waals surface area contributed by atoms with Gasteiger partial charge in [-0.05, 0) is 31.4 Å². The molecule has 0 aromatic heterocycles. The Labute approximate surface area is 93.0 Å². The van der Waals surface area contributed by atoms with Gasteiger partial charge in [-0.25, -0.2) is 0 Å². The van der Waals surface area contributed by atoms with E-state index in [-0.39, 0.29) is 0 Å². The van der Waals surface area contributed by atoms with E-state index in [1.807, 2.05) is 0 Å². The molecule has 0 N–H and O–H groups in total. The van der Waals surface area contributed by atoms with Gasteiger partial charge >= 0.3 is 0 Å². The van der Waals surface area contributed by atoms with Crippen molar-refractivity contribution in [2.75, 3.05) is 12.4 Å². The Bertz CT molecular complexity index is 169. The Kier molecular flexibility index (Phi) is 3.78. The summed E-state index contributed by atoms with van der Waals surface area (Å²) in [6.45, 7) is 0.973.